The zero-order chi connectivity index (χ0) is 16.9. The summed E-state index contributed by atoms with van der Waals surface area (Å²) in [6.45, 7) is 0. The summed E-state index contributed by atoms with van der Waals surface area (Å²) in [7, 11) is 0. The Morgan fingerprint density at radius 2 is 1.52 bits per heavy atom. The van der Waals surface area contributed by atoms with Crippen molar-refractivity contribution in [2.24, 2.45) is 4.99 Å². The SMILES string of the molecule is C(=N\c1ccccc1)/c1sc(-c2cccnc2)nc1-c1ccccc1. The molecular weight excluding hydrogens is 326 g/mol. The van der Waals surface area contributed by atoms with Crippen molar-refractivity contribution in [1.82, 2.24) is 9.97 Å². The van der Waals surface area contributed by atoms with E-state index in [0.717, 1.165) is 32.4 Å². The van der Waals surface area contributed by atoms with Crippen LogP contribution in [0.15, 0.2) is 90.2 Å². The van der Waals surface area contributed by atoms with Crippen LogP contribution >= 0.6 is 11.3 Å². The number of hydrogen-bond donors (Lipinski definition) is 0. The van der Waals surface area contributed by atoms with Gasteiger partial charge in [-0.1, -0.05) is 48.5 Å². The molecule has 3 nitrogen and oxygen atoms in total. The zero-order valence-corrected chi connectivity index (χ0v) is 14.2. The minimum atomic E-state index is 0.929. The lowest BCUT2D eigenvalue weighted by Crippen LogP contribution is -1.84. The molecule has 0 saturated heterocycles. The molecule has 2 aromatic carbocycles. The molecule has 0 N–H and O–H groups in total. The summed E-state index contributed by atoms with van der Waals surface area (Å²) in [6, 6.07) is 24.1. The van der Waals surface area contributed by atoms with Gasteiger partial charge in [-0.3, -0.25) is 9.98 Å². The van der Waals surface area contributed by atoms with Crippen molar-refractivity contribution in [2.75, 3.05) is 0 Å². The summed E-state index contributed by atoms with van der Waals surface area (Å²) in [5.41, 5.74) is 3.98. The Balaban J connectivity index is 1.78. The van der Waals surface area contributed by atoms with Gasteiger partial charge in [-0.05, 0) is 24.3 Å². The first kappa shape index (κ1) is 15.4. The Morgan fingerprint density at radius 1 is 0.800 bits per heavy atom. The molecule has 0 atom stereocenters. The highest BCUT2D eigenvalue weighted by Gasteiger charge is 2.13. The number of pyridine rings is 1. The van der Waals surface area contributed by atoms with Crippen molar-refractivity contribution in [2.45, 2.75) is 0 Å². The Morgan fingerprint density at radius 3 is 2.24 bits per heavy atom. The molecule has 120 valence electrons. The summed E-state index contributed by atoms with van der Waals surface area (Å²) in [6.07, 6.45) is 5.51. The van der Waals surface area contributed by atoms with Gasteiger partial charge in [0.2, 0.25) is 0 Å². The Hall–Kier alpha value is -3.11. The number of aromatic nitrogens is 2. The van der Waals surface area contributed by atoms with Gasteiger partial charge in [-0.2, -0.15) is 0 Å². The topological polar surface area (TPSA) is 38.1 Å². The Bertz CT molecular complexity index is 978. The van der Waals surface area contributed by atoms with E-state index in [-0.39, 0.29) is 0 Å². The van der Waals surface area contributed by atoms with Crippen molar-refractivity contribution in [3.63, 3.8) is 0 Å². The van der Waals surface area contributed by atoms with Gasteiger partial charge in [0, 0.05) is 29.7 Å². The maximum Gasteiger partial charge on any atom is 0.126 e. The van der Waals surface area contributed by atoms with Crippen LogP contribution in [0.3, 0.4) is 0 Å². The number of rotatable bonds is 4. The molecule has 4 heteroatoms. The molecule has 4 aromatic rings. The van der Waals surface area contributed by atoms with Crippen molar-refractivity contribution in [1.29, 1.82) is 0 Å². The van der Waals surface area contributed by atoms with E-state index in [1.165, 1.54) is 0 Å². The lowest BCUT2D eigenvalue weighted by atomic mass is 10.1. The lowest BCUT2D eigenvalue weighted by molar-refractivity contribution is 1.31. The third-order valence-electron chi connectivity index (χ3n) is 3.70. The van der Waals surface area contributed by atoms with Gasteiger partial charge in [0.15, 0.2) is 0 Å². The molecule has 0 amide bonds. The molecular formula is C21H15N3S. The predicted molar refractivity (Wildman–Crippen MR) is 104 cm³/mol. The quantitative estimate of drug-likeness (QED) is 0.452. The van der Waals surface area contributed by atoms with Gasteiger partial charge >= 0.3 is 0 Å². The Kier molecular flexibility index (Phi) is 4.44. The fourth-order valence-electron chi connectivity index (χ4n) is 2.48. The number of thiazole rings is 1. The molecule has 0 aliphatic carbocycles. The molecule has 0 fully saturated rings. The van der Waals surface area contributed by atoms with Crippen molar-refractivity contribution < 1.29 is 0 Å². The molecule has 25 heavy (non-hydrogen) atoms. The number of hydrogen-bond acceptors (Lipinski definition) is 4. The van der Waals surface area contributed by atoms with E-state index in [2.05, 4.69) is 22.1 Å². The highest BCUT2D eigenvalue weighted by atomic mass is 32.1. The Labute approximate surface area is 150 Å². The summed E-state index contributed by atoms with van der Waals surface area (Å²) in [5.74, 6) is 0. The summed E-state index contributed by atoms with van der Waals surface area (Å²) >= 11 is 1.63. The van der Waals surface area contributed by atoms with Crippen LogP contribution in [-0.4, -0.2) is 16.2 Å². The highest BCUT2D eigenvalue weighted by Crippen LogP contribution is 2.32. The zero-order valence-electron chi connectivity index (χ0n) is 13.4. The van der Waals surface area contributed by atoms with Crippen molar-refractivity contribution in [3.05, 3.63) is 90.1 Å². The van der Waals surface area contributed by atoms with Crippen LogP contribution in [0.2, 0.25) is 0 Å². The molecule has 0 unspecified atom stereocenters. The first-order valence-corrected chi connectivity index (χ1v) is 8.77. The van der Waals surface area contributed by atoms with Gasteiger partial charge in [0.05, 0.1) is 16.3 Å². The molecule has 0 aliphatic heterocycles. The second-order valence-electron chi connectivity index (χ2n) is 5.43. The molecule has 2 aromatic heterocycles. The summed E-state index contributed by atoms with van der Waals surface area (Å²) in [4.78, 5) is 14.7. The van der Waals surface area contributed by atoms with Crippen LogP contribution in [0, 0.1) is 0 Å². The summed E-state index contributed by atoms with van der Waals surface area (Å²) < 4.78 is 0. The van der Waals surface area contributed by atoms with Crippen LogP contribution in [0.5, 0.6) is 0 Å². The molecule has 0 radical (unpaired) electrons. The standard InChI is InChI=1S/C21H15N3S/c1-3-8-16(9-4-1)20-19(15-23-18-11-5-2-6-12-18)25-21(24-20)17-10-7-13-22-14-17/h1-15H/b23-15+. The van der Waals surface area contributed by atoms with Crippen LogP contribution in [0.4, 0.5) is 5.69 Å². The molecule has 0 aliphatic rings. The second kappa shape index (κ2) is 7.20. The smallest absolute Gasteiger partial charge is 0.126 e. The monoisotopic (exact) mass is 341 g/mol. The number of nitrogens with zero attached hydrogens (tertiary/aromatic N) is 3. The molecule has 0 bridgehead atoms. The molecule has 2 heterocycles. The van der Waals surface area contributed by atoms with E-state index in [4.69, 9.17) is 4.98 Å². The third kappa shape index (κ3) is 3.54. The number of aliphatic imine (C=N–C) groups is 1. The summed E-state index contributed by atoms with van der Waals surface area (Å²) in [5, 5.41) is 0.946. The largest absolute Gasteiger partial charge is 0.264 e. The normalized spacial score (nSPS) is 11.0. The van der Waals surface area contributed by atoms with Gasteiger partial charge in [0.1, 0.15) is 5.01 Å². The first-order chi connectivity index (χ1) is 12.4. The fourth-order valence-corrected chi connectivity index (χ4v) is 3.43. The average molecular weight is 341 g/mol. The van der Waals surface area contributed by atoms with Crippen molar-refractivity contribution >= 4 is 23.2 Å². The van der Waals surface area contributed by atoms with E-state index < -0.39 is 0 Å². The van der Waals surface area contributed by atoms with Gasteiger partial charge in [0.25, 0.3) is 0 Å². The van der Waals surface area contributed by atoms with E-state index >= 15 is 0 Å². The number of para-hydroxylation sites is 1. The first-order valence-electron chi connectivity index (χ1n) is 7.96. The second-order valence-corrected chi connectivity index (χ2v) is 6.46. The predicted octanol–water partition coefficient (Wildman–Crippen LogP) is 5.62. The third-order valence-corrected chi connectivity index (χ3v) is 4.74. The number of benzene rings is 2. The highest BCUT2D eigenvalue weighted by molar-refractivity contribution is 7.17. The minimum Gasteiger partial charge on any atom is -0.264 e. The maximum absolute atomic E-state index is 4.85. The van der Waals surface area contributed by atoms with Gasteiger partial charge < -0.3 is 0 Å². The maximum atomic E-state index is 4.85. The van der Waals surface area contributed by atoms with Crippen LogP contribution in [0.1, 0.15) is 4.88 Å². The van der Waals surface area contributed by atoms with Crippen LogP contribution in [-0.2, 0) is 0 Å². The van der Waals surface area contributed by atoms with E-state index in [0.29, 0.717) is 0 Å². The van der Waals surface area contributed by atoms with Crippen LogP contribution < -0.4 is 0 Å². The average Bonchev–Trinajstić information content (AvgIpc) is 3.13. The lowest BCUT2D eigenvalue weighted by Gasteiger charge is -1.98. The van der Waals surface area contributed by atoms with E-state index in [9.17, 15) is 0 Å². The van der Waals surface area contributed by atoms with Gasteiger partial charge in [-0.25, -0.2) is 4.98 Å². The van der Waals surface area contributed by atoms with Gasteiger partial charge in [-0.15, -0.1) is 11.3 Å². The van der Waals surface area contributed by atoms with Crippen LogP contribution in [0.25, 0.3) is 21.8 Å². The fraction of sp³-hybridized carbons (Fsp3) is 0. The van der Waals surface area contributed by atoms with Crippen molar-refractivity contribution in [3.8, 4) is 21.8 Å². The van der Waals surface area contributed by atoms with E-state index in [1.54, 1.807) is 17.5 Å². The molecule has 4 rings (SSSR count). The molecule has 0 saturated carbocycles. The minimum absolute atomic E-state index is 0.929. The molecule has 0 spiro atoms. The van der Waals surface area contributed by atoms with E-state index in [1.807, 2.05) is 73.1 Å².